The molecule has 0 heterocycles. The Morgan fingerprint density at radius 2 is 0.911 bits per heavy atom. The van der Waals surface area contributed by atoms with Gasteiger partial charge in [-0.05, 0) is 98.6 Å². The van der Waals surface area contributed by atoms with Crippen LogP contribution in [0.1, 0.15) is 64.2 Å². The van der Waals surface area contributed by atoms with Crippen molar-refractivity contribution in [2.75, 3.05) is 22.1 Å². The molecule has 0 aliphatic carbocycles. The molecular weight excluding hydrogens is 750 g/mol. The monoisotopic (exact) mass is 788 g/mol. The number of carbonyl (C=O) groups excluding carboxylic acids is 2. The van der Waals surface area contributed by atoms with Gasteiger partial charge in [0.05, 0.1) is 9.79 Å². The molecule has 2 N–H and O–H groups in total. The van der Waals surface area contributed by atoms with Crippen LogP contribution in [-0.4, -0.2) is 59.8 Å². The molecule has 0 aliphatic heterocycles. The van der Waals surface area contributed by atoms with Gasteiger partial charge in [-0.15, -0.1) is 0 Å². The van der Waals surface area contributed by atoms with Crippen molar-refractivity contribution in [3.63, 3.8) is 0 Å². The number of anilines is 2. The standard InChI is InChI=1S/2C14H21NO4S3.Zn/c2*16-14(4-2-1-3-12(21)9-10-20)15-11-5-7-13(8-6-11)22(17,18)19;/h2*5-8,12,20-21H,1-4,9-10H2,(H,15,16)(H,17,18,19);/q;;+2/p-2. The summed E-state index contributed by atoms with van der Waals surface area (Å²) in [6.45, 7) is 0. The third kappa shape index (κ3) is 20.9. The zero-order valence-electron chi connectivity index (χ0n) is 24.8. The maximum atomic E-state index is 11.7. The molecule has 0 bridgehead atoms. The number of amides is 2. The molecule has 2 atom stereocenters. The van der Waals surface area contributed by atoms with Crippen molar-refractivity contribution in [1.29, 1.82) is 0 Å². The van der Waals surface area contributed by atoms with Crippen LogP contribution < -0.4 is 10.6 Å². The van der Waals surface area contributed by atoms with Gasteiger partial charge in [-0.1, -0.05) is 12.8 Å². The number of rotatable bonds is 18. The Morgan fingerprint density at radius 1 is 0.600 bits per heavy atom. The molecule has 2 unspecified atom stereocenters. The van der Waals surface area contributed by atoms with Crippen molar-refractivity contribution in [1.82, 2.24) is 0 Å². The predicted octanol–water partition coefficient (Wildman–Crippen LogP) is 5.41. The second-order valence-corrected chi connectivity index (χ2v) is 15.0. The van der Waals surface area contributed by atoms with Crippen molar-refractivity contribution in [2.24, 2.45) is 0 Å². The van der Waals surface area contributed by atoms with Gasteiger partial charge in [-0.2, -0.15) is 50.5 Å². The summed E-state index contributed by atoms with van der Waals surface area (Å²) in [7, 11) is -8.91. The molecule has 0 aliphatic rings. The third-order valence-corrected chi connectivity index (χ3v) is 9.41. The second-order valence-electron chi connectivity index (χ2n) is 9.88. The van der Waals surface area contributed by atoms with Gasteiger partial charge >= 0.3 is 19.5 Å². The first-order chi connectivity index (χ1) is 20.6. The van der Waals surface area contributed by atoms with Gasteiger partial charge in [-0.25, -0.2) is 16.8 Å². The average Bonchev–Trinajstić information content (AvgIpc) is 2.94. The summed E-state index contributed by atoms with van der Waals surface area (Å²) in [4.78, 5) is 22.9. The van der Waals surface area contributed by atoms with Gasteiger partial charge in [0.15, 0.2) is 0 Å². The molecule has 0 saturated heterocycles. The van der Waals surface area contributed by atoms with Crippen LogP contribution in [0.5, 0.6) is 0 Å². The summed E-state index contributed by atoms with van der Waals surface area (Å²) in [5, 5.41) is 5.98. The maximum absolute atomic E-state index is 11.7. The van der Waals surface area contributed by atoms with Crippen LogP contribution in [0.15, 0.2) is 58.3 Å². The number of hydrogen-bond acceptors (Lipinski definition) is 12. The maximum Gasteiger partial charge on any atom is 2.00 e. The van der Waals surface area contributed by atoms with Crippen molar-refractivity contribution in [3.8, 4) is 0 Å². The van der Waals surface area contributed by atoms with Gasteiger partial charge in [-0.3, -0.25) is 9.59 Å². The molecule has 0 saturated carbocycles. The Kier molecular flexibility index (Phi) is 23.1. The third-order valence-electron chi connectivity index (χ3n) is 6.16. The van der Waals surface area contributed by atoms with Crippen LogP contribution in [0.2, 0.25) is 0 Å². The van der Waals surface area contributed by atoms with Crippen molar-refractivity contribution in [3.05, 3.63) is 48.5 Å². The topological polar surface area (TPSA) is 173 Å². The summed E-state index contributed by atoms with van der Waals surface area (Å²) < 4.78 is 64.7. The Hall–Kier alpha value is -0.777. The van der Waals surface area contributed by atoms with Gasteiger partial charge in [0.25, 0.3) is 0 Å². The first kappa shape index (κ1) is 44.2. The predicted molar refractivity (Wildman–Crippen MR) is 185 cm³/mol. The molecule has 0 aromatic heterocycles. The van der Waals surface area contributed by atoms with E-state index in [0.717, 1.165) is 62.9 Å². The van der Waals surface area contributed by atoms with E-state index < -0.39 is 20.2 Å². The largest absolute Gasteiger partial charge is 2.00 e. The summed E-state index contributed by atoms with van der Waals surface area (Å²) in [6, 6.07) is 10.3. The van der Waals surface area contributed by atoms with Crippen LogP contribution in [0, 0.1) is 0 Å². The molecule has 248 valence electrons. The molecule has 17 heteroatoms. The minimum atomic E-state index is -4.45. The van der Waals surface area contributed by atoms with Crippen LogP contribution in [0.25, 0.3) is 0 Å². The van der Waals surface area contributed by atoms with Crippen LogP contribution in [0.3, 0.4) is 0 Å². The average molecular weight is 790 g/mol. The van der Waals surface area contributed by atoms with E-state index in [2.05, 4.69) is 61.1 Å². The first-order valence-electron chi connectivity index (χ1n) is 13.9. The molecule has 0 spiro atoms. The Morgan fingerprint density at radius 3 is 1.18 bits per heavy atom. The van der Waals surface area contributed by atoms with Gasteiger partial charge in [0, 0.05) is 34.7 Å². The zero-order valence-corrected chi connectivity index (χ0v) is 33.0. The van der Waals surface area contributed by atoms with Gasteiger partial charge < -0.3 is 19.7 Å². The summed E-state index contributed by atoms with van der Waals surface area (Å²) in [6.07, 6.45) is 7.96. The fraction of sp³-hybridized carbons (Fsp3) is 0.500. The number of benzene rings is 2. The molecule has 2 amide bonds. The number of hydrogen-bond donors (Lipinski definition) is 6. The van der Waals surface area contributed by atoms with Crippen LogP contribution in [0.4, 0.5) is 11.4 Å². The van der Waals surface area contributed by atoms with Crippen molar-refractivity contribution < 1.29 is 55.0 Å². The molecule has 2 aromatic carbocycles. The van der Waals surface area contributed by atoms with E-state index in [4.69, 9.17) is 0 Å². The van der Waals surface area contributed by atoms with E-state index in [1.54, 1.807) is 0 Å². The van der Waals surface area contributed by atoms with Crippen molar-refractivity contribution in [2.45, 2.75) is 84.5 Å². The fourth-order valence-electron chi connectivity index (χ4n) is 3.77. The fourth-order valence-corrected chi connectivity index (χ4v) is 6.37. The number of carbonyl (C=O) groups is 2. The molecular formula is C28H40N2O8S6Zn. The minimum Gasteiger partial charge on any atom is -0.744 e. The molecule has 2 aromatic rings. The minimum absolute atomic E-state index is 0. The molecule has 0 radical (unpaired) electrons. The Bertz CT molecular complexity index is 1260. The molecule has 10 nitrogen and oxygen atoms in total. The van der Waals surface area contributed by atoms with Crippen molar-refractivity contribution >= 4 is 93.9 Å². The van der Waals surface area contributed by atoms with Crippen LogP contribution in [-0.2, 0) is 49.3 Å². The summed E-state index contributed by atoms with van der Waals surface area (Å²) in [5.41, 5.74) is 0.944. The second kappa shape index (κ2) is 23.5. The van der Waals surface area contributed by atoms with E-state index in [0.29, 0.717) is 34.7 Å². The Balaban J connectivity index is 0.000000842. The quantitative estimate of drug-likeness (QED) is 0.0504. The normalized spacial score (nSPS) is 12.6. The molecule has 2 rings (SSSR count). The van der Waals surface area contributed by atoms with Gasteiger partial charge in [0.2, 0.25) is 11.8 Å². The smallest absolute Gasteiger partial charge is 0.744 e. The van der Waals surface area contributed by atoms with Gasteiger partial charge in [0.1, 0.15) is 20.2 Å². The Labute approximate surface area is 302 Å². The van der Waals surface area contributed by atoms with E-state index >= 15 is 0 Å². The zero-order chi connectivity index (χ0) is 33.2. The SMILES string of the molecule is O=C(CCCCC(S)CCS)Nc1ccc(S(=O)(=O)[O-])cc1.O=C(CCCCC(S)CCS)Nc1ccc(S(=O)(=O)[O-])cc1.[Zn+2]. The summed E-state index contributed by atoms with van der Waals surface area (Å²) in [5.74, 6) is 1.35. The van der Waals surface area contributed by atoms with E-state index in [9.17, 15) is 35.5 Å². The first-order valence-corrected chi connectivity index (χ1v) is 19.1. The van der Waals surface area contributed by atoms with E-state index in [1.807, 2.05) is 0 Å². The van der Waals surface area contributed by atoms with Crippen LogP contribution >= 0.6 is 50.5 Å². The number of unbranched alkanes of at least 4 members (excludes halogenated alkanes) is 2. The molecule has 45 heavy (non-hydrogen) atoms. The number of nitrogens with one attached hydrogen (secondary N) is 2. The van der Waals surface area contributed by atoms with E-state index in [-0.39, 0.29) is 41.1 Å². The van der Waals surface area contributed by atoms with E-state index in [1.165, 1.54) is 48.5 Å². The summed E-state index contributed by atoms with van der Waals surface area (Å²) >= 11 is 17.1. The molecule has 0 fully saturated rings. The number of thiol groups is 4.